The van der Waals surface area contributed by atoms with Gasteiger partial charge < -0.3 is 4.90 Å². The smallest absolute Gasteiger partial charge is 0.137 e. The molecule has 0 bridgehead atoms. The predicted molar refractivity (Wildman–Crippen MR) is 274 cm³/mol. The van der Waals surface area contributed by atoms with Crippen molar-refractivity contribution in [2.75, 3.05) is 11.9 Å². The molecule has 0 aliphatic heterocycles. The second kappa shape index (κ2) is 14.6. The largest absolute Gasteiger partial charge is 0.329 e. The van der Waals surface area contributed by atoms with Gasteiger partial charge in [0.15, 0.2) is 0 Å². The summed E-state index contributed by atoms with van der Waals surface area (Å²) in [6, 6.07) is 54.9. The van der Waals surface area contributed by atoms with Gasteiger partial charge in [0.05, 0.1) is 11.0 Å². The Morgan fingerprint density at radius 2 is 1.12 bits per heavy atom. The SMILES string of the molecule is CN(C1=C(c2ccc3c(c2)CCc2cc4c5cc(-c6ccc7c8c(cccc68)CC7)ccc5n(-c5ccccn5)c4cc2-3)C=C(c2ccc3c4c(cccc24)CC3)CC=C1)c1ccccn1. The molecular formula is C62H46N4. The maximum Gasteiger partial charge on any atom is 0.137 e. The molecule has 3 aromatic heterocycles. The second-order valence-corrected chi connectivity index (χ2v) is 18.7. The summed E-state index contributed by atoms with van der Waals surface area (Å²) in [5, 5.41) is 8.20. The zero-order chi connectivity index (χ0) is 43.5. The van der Waals surface area contributed by atoms with E-state index in [9.17, 15) is 0 Å². The molecule has 0 unspecified atom stereocenters. The third-order valence-corrected chi connectivity index (χ3v) is 15.2. The van der Waals surface area contributed by atoms with Crippen LogP contribution in [0.2, 0.25) is 0 Å². The Labute approximate surface area is 384 Å². The predicted octanol–water partition coefficient (Wildman–Crippen LogP) is 14.4. The molecule has 0 amide bonds. The van der Waals surface area contributed by atoms with E-state index in [1.807, 2.05) is 24.5 Å². The highest BCUT2D eigenvalue weighted by Gasteiger charge is 2.25. The molecule has 4 aliphatic rings. The lowest BCUT2D eigenvalue weighted by Gasteiger charge is -2.24. The van der Waals surface area contributed by atoms with Gasteiger partial charge in [-0.3, -0.25) is 4.57 Å². The standard InChI is InChI=1S/C62H46N4/c1-65(59-15-2-4-31-63-59)56-14-8-11-42(47-27-23-40-19-17-38-9-6-12-50(47)61(38)40)34-53(56)44-25-29-49-43(33-44)21-22-46-36-55-54-35-45(48-28-24-41-20-18-39-10-7-13-51(48)62(39)41)26-30-57(54)66(58(55)37-52(46)49)60-16-3-5-32-64-60/h2-10,12-16,23-37H,11,17-22H2,1H3. The van der Waals surface area contributed by atoms with Crippen molar-refractivity contribution >= 4 is 60.3 Å². The Balaban J connectivity index is 0.928. The third kappa shape index (κ3) is 5.70. The van der Waals surface area contributed by atoms with Gasteiger partial charge in [-0.2, -0.15) is 0 Å². The Morgan fingerprint density at radius 3 is 1.86 bits per heavy atom. The van der Waals surface area contributed by atoms with E-state index in [-0.39, 0.29) is 0 Å². The number of rotatable bonds is 6. The van der Waals surface area contributed by atoms with Gasteiger partial charge in [-0.05, 0) is 200 Å². The van der Waals surface area contributed by atoms with Crippen LogP contribution in [0.25, 0.3) is 82.6 Å². The quantitative estimate of drug-likeness (QED) is 0.167. The molecule has 0 saturated carbocycles. The minimum atomic E-state index is 0.853. The zero-order valence-electron chi connectivity index (χ0n) is 37.0. The summed E-state index contributed by atoms with van der Waals surface area (Å²) < 4.78 is 2.37. The van der Waals surface area contributed by atoms with Crippen LogP contribution in [-0.2, 0) is 38.5 Å². The molecule has 0 radical (unpaired) electrons. The minimum absolute atomic E-state index is 0.853. The molecule has 4 nitrogen and oxygen atoms in total. The molecule has 4 aliphatic carbocycles. The van der Waals surface area contributed by atoms with Gasteiger partial charge >= 0.3 is 0 Å². The van der Waals surface area contributed by atoms with E-state index in [4.69, 9.17) is 9.97 Å². The lowest BCUT2D eigenvalue weighted by molar-refractivity contribution is 0.942. The van der Waals surface area contributed by atoms with Crippen molar-refractivity contribution in [1.82, 2.24) is 14.5 Å². The highest BCUT2D eigenvalue weighted by atomic mass is 15.2. The van der Waals surface area contributed by atoms with Crippen molar-refractivity contribution in [1.29, 1.82) is 0 Å². The molecule has 0 fully saturated rings. The van der Waals surface area contributed by atoms with Gasteiger partial charge in [0.1, 0.15) is 11.6 Å². The molecule has 7 aromatic carbocycles. The van der Waals surface area contributed by atoms with E-state index in [2.05, 4.69) is 168 Å². The molecular weight excluding hydrogens is 801 g/mol. The van der Waals surface area contributed by atoms with Gasteiger partial charge in [0.2, 0.25) is 0 Å². The van der Waals surface area contributed by atoms with Crippen molar-refractivity contribution in [2.24, 2.45) is 0 Å². The molecule has 0 N–H and O–H groups in total. The number of benzene rings is 7. The highest BCUT2D eigenvalue weighted by molar-refractivity contribution is 6.13. The number of aromatic nitrogens is 3. The number of anilines is 1. The van der Waals surface area contributed by atoms with E-state index >= 15 is 0 Å². The van der Waals surface area contributed by atoms with Crippen LogP contribution in [-0.4, -0.2) is 21.6 Å². The second-order valence-electron chi connectivity index (χ2n) is 18.7. The van der Waals surface area contributed by atoms with Crippen molar-refractivity contribution in [3.05, 3.63) is 226 Å². The number of hydrogen-bond donors (Lipinski definition) is 0. The van der Waals surface area contributed by atoms with Crippen LogP contribution in [0.15, 0.2) is 182 Å². The fourth-order valence-corrected chi connectivity index (χ4v) is 12.1. The summed E-state index contributed by atoms with van der Waals surface area (Å²) >= 11 is 0. The Bertz CT molecular complexity index is 3770. The fraction of sp³-hybridized carbons (Fsp3) is 0.129. The normalized spacial score (nSPS) is 14.9. The first-order valence-electron chi connectivity index (χ1n) is 23.6. The van der Waals surface area contributed by atoms with Crippen LogP contribution < -0.4 is 4.90 Å². The van der Waals surface area contributed by atoms with Crippen LogP contribution in [0.4, 0.5) is 5.82 Å². The number of hydrogen-bond acceptors (Lipinski definition) is 3. The number of nitrogens with zero attached hydrogens (tertiary/aromatic N) is 4. The number of allylic oxidation sites excluding steroid dienone is 5. The summed E-state index contributed by atoms with van der Waals surface area (Å²) in [6.45, 7) is 0. The van der Waals surface area contributed by atoms with Gasteiger partial charge in [-0.25, -0.2) is 9.97 Å². The highest BCUT2D eigenvalue weighted by Crippen LogP contribution is 2.45. The number of likely N-dealkylation sites (N-methyl/N-ethyl adjacent to an activating group) is 1. The molecule has 314 valence electrons. The van der Waals surface area contributed by atoms with Crippen LogP contribution in [0.5, 0.6) is 0 Å². The lowest BCUT2D eigenvalue weighted by atomic mass is 9.83. The third-order valence-electron chi connectivity index (χ3n) is 15.2. The van der Waals surface area contributed by atoms with Crippen molar-refractivity contribution < 1.29 is 0 Å². The van der Waals surface area contributed by atoms with Gasteiger partial charge in [0, 0.05) is 41.5 Å². The first-order chi connectivity index (χ1) is 32.6. The zero-order valence-corrected chi connectivity index (χ0v) is 37.0. The maximum atomic E-state index is 4.93. The van der Waals surface area contributed by atoms with Gasteiger partial charge in [0.25, 0.3) is 0 Å². The summed E-state index contributed by atoms with van der Waals surface area (Å²) in [5.41, 5.74) is 22.5. The summed E-state index contributed by atoms with van der Waals surface area (Å²) in [4.78, 5) is 12.0. The van der Waals surface area contributed by atoms with Gasteiger partial charge in [-0.15, -0.1) is 0 Å². The van der Waals surface area contributed by atoms with Crippen LogP contribution in [0.3, 0.4) is 0 Å². The molecule has 4 heteroatoms. The molecule has 0 saturated heterocycles. The first kappa shape index (κ1) is 37.5. The van der Waals surface area contributed by atoms with Crippen LogP contribution in [0, 0.1) is 0 Å². The van der Waals surface area contributed by atoms with Gasteiger partial charge in [-0.1, -0.05) is 103 Å². The van der Waals surface area contributed by atoms with E-state index in [0.29, 0.717) is 0 Å². The summed E-state index contributed by atoms with van der Waals surface area (Å²) in [7, 11) is 2.15. The molecule has 14 rings (SSSR count). The molecule has 0 atom stereocenters. The van der Waals surface area contributed by atoms with E-state index in [1.54, 1.807) is 0 Å². The lowest BCUT2D eigenvalue weighted by Crippen LogP contribution is -2.17. The van der Waals surface area contributed by atoms with Crippen LogP contribution in [0.1, 0.15) is 50.9 Å². The number of aryl methyl sites for hydroxylation is 6. The Kier molecular flexibility index (Phi) is 8.31. The Hall–Kier alpha value is -7.82. The monoisotopic (exact) mass is 846 g/mol. The number of fused-ring (bicyclic) bond motifs is 6. The van der Waals surface area contributed by atoms with E-state index in [1.165, 1.54) is 121 Å². The first-order valence-corrected chi connectivity index (χ1v) is 23.6. The Morgan fingerprint density at radius 1 is 0.470 bits per heavy atom. The summed E-state index contributed by atoms with van der Waals surface area (Å²) in [6.07, 6.45) is 18.2. The molecule has 66 heavy (non-hydrogen) atoms. The summed E-state index contributed by atoms with van der Waals surface area (Å²) in [5.74, 6) is 1.86. The fourth-order valence-electron chi connectivity index (χ4n) is 12.1. The maximum absolute atomic E-state index is 4.93. The minimum Gasteiger partial charge on any atom is -0.329 e. The topological polar surface area (TPSA) is 34.0 Å². The molecule has 3 heterocycles. The average molecular weight is 847 g/mol. The molecule has 10 aromatic rings. The van der Waals surface area contributed by atoms with Crippen LogP contribution >= 0.6 is 0 Å². The number of pyridine rings is 2. The van der Waals surface area contributed by atoms with Crippen molar-refractivity contribution in [2.45, 2.75) is 44.9 Å². The van der Waals surface area contributed by atoms with E-state index in [0.717, 1.165) is 62.3 Å². The van der Waals surface area contributed by atoms with Crippen molar-refractivity contribution in [3.8, 4) is 28.1 Å². The van der Waals surface area contributed by atoms with E-state index < -0.39 is 0 Å². The molecule has 0 spiro atoms. The van der Waals surface area contributed by atoms with Crippen molar-refractivity contribution in [3.63, 3.8) is 0 Å². The average Bonchev–Trinajstić information content (AvgIpc) is 4.04.